The lowest BCUT2D eigenvalue weighted by molar-refractivity contribution is -0.117. The van der Waals surface area contributed by atoms with Gasteiger partial charge in [0, 0.05) is 36.1 Å². The number of hydrogen-bond acceptors (Lipinski definition) is 5. The first-order chi connectivity index (χ1) is 12.1. The molecule has 25 heavy (non-hydrogen) atoms. The van der Waals surface area contributed by atoms with E-state index in [-0.39, 0.29) is 18.0 Å². The Morgan fingerprint density at radius 2 is 2.36 bits per heavy atom. The number of rotatable bonds is 6. The zero-order chi connectivity index (χ0) is 17.6. The van der Waals surface area contributed by atoms with Crippen LogP contribution in [0.4, 0.5) is 16.2 Å². The second kappa shape index (κ2) is 8.02. The minimum atomic E-state index is -0.279. The number of carbonyl (C=O) groups excluding carboxylic acids is 2. The predicted molar refractivity (Wildman–Crippen MR) is 96.8 cm³/mol. The van der Waals surface area contributed by atoms with E-state index in [4.69, 9.17) is 0 Å². The van der Waals surface area contributed by atoms with E-state index in [0.29, 0.717) is 24.4 Å². The first-order valence-corrected chi connectivity index (χ1v) is 9.07. The second-order valence-electron chi connectivity index (χ2n) is 5.74. The van der Waals surface area contributed by atoms with Gasteiger partial charge >= 0.3 is 6.03 Å². The fourth-order valence-corrected chi connectivity index (χ4v) is 3.36. The minimum Gasteiger partial charge on any atom is -0.337 e. The van der Waals surface area contributed by atoms with Gasteiger partial charge in [-0.2, -0.15) is 10.3 Å². The Balaban J connectivity index is 1.49. The molecule has 2 aromatic rings. The molecule has 9 heteroatoms. The first-order valence-electron chi connectivity index (χ1n) is 8.09. The molecule has 1 saturated heterocycles. The summed E-state index contributed by atoms with van der Waals surface area (Å²) in [4.78, 5) is 25.8. The third-order valence-electron chi connectivity index (χ3n) is 3.90. The molecule has 0 unspecified atom stereocenters. The maximum absolute atomic E-state index is 12.0. The Morgan fingerprint density at radius 1 is 1.48 bits per heavy atom. The molecule has 2 heterocycles. The van der Waals surface area contributed by atoms with Gasteiger partial charge in [-0.05, 0) is 31.5 Å². The molecule has 1 aliphatic rings. The smallest absolute Gasteiger partial charge is 0.319 e. The molecule has 132 valence electrons. The van der Waals surface area contributed by atoms with Crippen LogP contribution in [0.1, 0.15) is 19.8 Å². The number of nitrogens with one attached hydrogen (secondary N) is 3. The minimum absolute atomic E-state index is 0.124. The summed E-state index contributed by atoms with van der Waals surface area (Å²) >= 11 is 1.50. The molecule has 3 rings (SSSR count). The highest BCUT2D eigenvalue weighted by atomic mass is 32.2. The van der Waals surface area contributed by atoms with E-state index in [1.165, 1.54) is 11.8 Å². The van der Waals surface area contributed by atoms with Gasteiger partial charge < -0.3 is 15.5 Å². The molecular formula is C16H20N6O2S. The SMILES string of the molecule is C[C@H]1CCC(=O)N1c1cccc(NC(=O)NCCSc2cn[nH]n2)c1. The lowest BCUT2D eigenvalue weighted by Crippen LogP contribution is -2.32. The second-order valence-corrected chi connectivity index (χ2v) is 6.85. The summed E-state index contributed by atoms with van der Waals surface area (Å²) in [7, 11) is 0. The molecule has 0 saturated carbocycles. The standard InChI is InChI=1S/C16H20N6O2S/c1-11-5-6-15(23)22(11)13-4-2-3-12(9-13)19-16(24)17-7-8-25-14-10-18-21-20-14/h2-4,9-11H,5-8H2,1H3,(H2,17,19,24)(H,18,20,21)/t11-/m0/s1. The van der Waals surface area contributed by atoms with E-state index in [1.54, 1.807) is 17.2 Å². The normalized spacial score (nSPS) is 16.9. The third kappa shape index (κ3) is 4.50. The predicted octanol–water partition coefficient (Wildman–Crippen LogP) is 2.23. The molecule has 0 bridgehead atoms. The molecule has 3 amide bonds. The van der Waals surface area contributed by atoms with Crippen LogP contribution in [0.25, 0.3) is 0 Å². The number of aromatic amines is 1. The van der Waals surface area contributed by atoms with Crippen molar-refractivity contribution in [1.29, 1.82) is 0 Å². The summed E-state index contributed by atoms with van der Waals surface area (Å²) in [5.41, 5.74) is 1.47. The summed E-state index contributed by atoms with van der Waals surface area (Å²) < 4.78 is 0. The summed E-state index contributed by atoms with van der Waals surface area (Å²) in [6.45, 7) is 2.54. The molecular weight excluding hydrogens is 340 g/mol. The molecule has 1 aromatic carbocycles. The van der Waals surface area contributed by atoms with Gasteiger partial charge in [-0.25, -0.2) is 4.79 Å². The van der Waals surface area contributed by atoms with E-state index in [9.17, 15) is 9.59 Å². The van der Waals surface area contributed by atoms with Gasteiger partial charge in [-0.1, -0.05) is 6.07 Å². The summed E-state index contributed by atoms with van der Waals surface area (Å²) in [6.07, 6.45) is 3.07. The highest BCUT2D eigenvalue weighted by Gasteiger charge is 2.28. The van der Waals surface area contributed by atoms with E-state index >= 15 is 0 Å². The Labute approximate surface area is 149 Å². The van der Waals surface area contributed by atoms with Crippen molar-refractivity contribution < 1.29 is 9.59 Å². The lowest BCUT2D eigenvalue weighted by Gasteiger charge is -2.22. The van der Waals surface area contributed by atoms with Crippen molar-refractivity contribution in [3.63, 3.8) is 0 Å². The molecule has 0 spiro atoms. The maximum atomic E-state index is 12.0. The molecule has 1 atom stereocenters. The maximum Gasteiger partial charge on any atom is 0.319 e. The van der Waals surface area contributed by atoms with Gasteiger partial charge in [0.25, 0.3) is 0 Å². The number of amides is 3. The van der Waals surface area contributed by atoms with Gasteiger partial charge in [-0.3, -0.25) is 4.79 Å². The highest BCUT2D eigenvalue weighted by molar-refractivity contribution is 7.99. The van der Waals surface area contributed by atoms with Crippen LogP contribution < -0.4 is 15.5 Å². The van der Waals surface area contributed by atoms with E-state index in [1.807, 2.05) is 25.1 Å². The van der Waals surface area contributed by atoms with Crippen molar-refractivity contribution in [3.8, 4) is 0 Å². The van der Waals surface area contributed by atoms with Gasteiger partial charge in [0.2, 0.25) is 5.91 Å². The van der Waals surface area contributed by atoms with Crippen LogP contribution in [0.15, 0.2) is 35.5 Å². The lowest BCUT2D eigenvalue weighted by atomic mass is 10.2. The summed E-state index contributed by atoms with van der Waals surface area (Å²) in [5, 5.41) is 16.6. The number of benzene rings is 1. The van der Waals surface area contributed by atoms with Crippen molar-refractivity contribution in [3.05, 3.63) is 30.5 Å². The fraction of sp³-hybridized carbons (Fsp3) is 0.375. The van der Waals surface area contributed by atoms with Gasteiger partial charge in [0.1, 0.15) is 5.03 Å². The van der Waals surface area contributed by atoms with Crippen molar-refractivity contribution in [2.75, 3.05) is 22.5 Å². The largest absolute Gasteiger partial charge is 0.337 e. The molecule has 1 aromatic heterocycles. The van der Waals surface area contributed by atoms with Gasteiger partial charge in [0.15, 0.2) is 0 Å². The summed E-state index contributed by atoms with van der Waals surface area (Å²) in [6, 6.07) is 7.26. The molecule has 1 aliphatic heterocycles. The van der Waals surface area contributed by atoms with Crippen molar-refractivity contribution in [1.82, 2.24) is 20.7 Å². The number of carbonyl (C=O) groups is 2. The van der Waals surface area contributed by atoms with Crippen LogP contribution in [0.3, 0.4) is 0 Å². The quantitative estimate of drug-likeness (QED) is 0.541. The number of aromatic nitrogens is 3. The number of thioether (sulfide) groups is 1. The third-order valence-corrected chi connectivity index (χ3v) is 4.80. The topological polar surface area (TPSA) is 103 Å². The first kappa shape index (κ1) is 17.3. The summed E-state index contributed by atoms with van der Waals surface area (Å²) in [5.74, 6) is 0.818. The van der Waals surface area contributed by atoms with Gasteiger partial charge in [-0.15, -0.1) is 16.9 Å². The van der Waals surface area contributed by atoms with Crippen molar-refractivity contribution >= 4 is 35.1 Å². The van der Waals surface area contributed by atoms with E-state index < -0.39 is 0 Å². The molecule has 0 aliphatic carbocycles. The Morgan fingerprint density at radius 3 is 3.08 bits per heavy atom. The fourth-order valence-electron chi connectivity index (χ4n) is 2.72. The van der Waals surface area contributed by atoms with Crippen LogP contribution in [0.5, 0.6) is 0 Å². The van der Waals surface area contributed by atoms with Gasteiger partial charge in [0.05, 0.1) is 6.20 Å². The molecule has 1 fully saturated rings. The van der Waals surface area contributed by atoms with Crippen LogP contribution in [0.2, 0.25) is 0 Å². The van der Waals surface area contributed by atoms with E-state index in [2.05, 4.69) is 26.0 Å². The average Bonchev–Trinajstić information content (AvgIpc) is 3.22. The van der Waals surface area contributed by atoms with E-state index in [0.717, 1.165) is 17.1 Å². The molecule has 3 N–H and O–H groups in total. The number of hydrogen-bond donors (Lipinski definition) is 3. The average molecular weight is 360 g/mol. The monoisotopic (exact) mass is 360 g/mol. The Kier molecular flexibility index (Phi) is 5.54. The highest BCUT2D eigenvalue weighted by Crippen LogP contribution is 2.28. The number of H-pyrrole nitrogens is 1. The van der Waals surface area contributed by atoms with Crippen LogP contribution in [-0.4, -0.2) is 45.7 Å². The van der Waals surface area contributed by atoms with Crippen LogP contribution in [-0.2, 0) is 4.79 Å². The zero-order valence-corrected chi connectivity index (χ0v) is 14.7. The number of nitrogens with zero attached hydrogens (tertiary/aromatic N) is 3. The molecule has 8 nitrogen and oxygen atoms in total. The number of urea groups is 1. The van der Waals surface area contributed by atoms with Crippen molar-refractivity contribution in [2.24, 2.45) is 0 Å². The molecule has 0 radical (unpaired) electrons. The van der Waals surface area contributed by atoms with Crippen LogP contribution >= 0.6 is 11.8 Å². The Hall–Kier alpha value is -2.55. The number of anilines is 2. The Bertz CT molecular complexity index is 736. The zero-order valence-electron chi connectivity index (χ0n) is 13.9. The van der Waals surface area contributed by atoms with Crippen molar-refractivity contribution in [2.45, 2.75) is 30.8 Å². The van der Waals surface area contributed by atoms with Crippen LogP contribution in [0, 0.1) is 0 Å².